The molecule has 2 amide bonds. The van der Waals surface area contributed by atoms with Crippen molar-refractivity contribution in [2.24, 2.45) is 10.2 Å². The summed E-state index contributed by atoms with van der Waals surface area (Å²) in [6.45, 7) is 4.71. The third-order valence-electron chi connectivity index (χ3n) is 3.54. The molecule has 11 nitrogen and oxygen atoms in total. The molecule has 0 aliphatic rings. The Morgan fingerprint density at radius 2 is 1.89 bits per heavy atom. The second-order valence-corrected chi connectivity index (χ2v) is 5.29. The minimum absolute atomic E-state index is 0.0265. The Balaban J connectivity index is 2.18. The quantitative estimate of drug-likeness (QED) is 0.722. The molecule has 0 aliphatic heterocycles. The third kappa shape index (κ3) is 5.37. The van der Waals surface area contributed by atoms with Crippen LogP contribution in [0.15, 0.2) is 40.7 Å². The van der Waals surface area contributed by atoms with Gasteiger partial charge in [0.25, 0.3) is 5.88 Å². The van der Waals surface area contributed by atoms with Gasteiger partial charge in [0.15, 0.2) is 5.82 Å². The molecule has 0 saturated carbocycles. The summed E-state index contributed by atoms with van der Waals surface area (Å²) < 4.78 is 9.78. The van der Waals surface area contributed by atoms with Gasteiger partial charge in [0, 0.05) is 19.3 Å². The number of ether oxygens (including phenoxy) is 2. The van der Waals surface area contributed by atoms with Crippen LogP contribution in [-0.2, 0) is 4.74 Å². The first-order chi connectivity index (χ1) is 13.5. The summed E-state index contributed by atoms with van der Waals surface area (Å²) in [5, 5.41) is 10.5. The van der Waals surface area contributed by atoms with E-state index < -0.39 is 12.2 Å². The largest absolute Gasteiger partial charge is 0.453 e. The molecular weight excluding hydrogens is 366 g/mol. The topological polar surface area (TPSA) is 144 Å². The minimum Gasteiger partial charge on any atom is -0.453 e. The van der Waals surface area contributed by atoms with E-state index >= 15 is 0 Å². The van der Waals surface area contributed by atoms with Crippen LogP contribution >= 0.6 is 0 Å². The molecule has 2 aromatic rings. The Morgan fingerprint density at radius 1 is 1.18 bits per heavy atom. The Kier molecular flexibility index (Phi) is 7.20. The Hall–Kier alpha value is -3.76. The van der Waals surface area contributed by atoms with Gasteiger partial charge in [0.2, 0.25) is 0 Å². The van der Waals surface area contributed by atoms with Crippen molar-refractivity contribution in [2.45, 2.75) is 13.8 Å². The van der Waals surface area contributed by atoms with Gasteiger partial charge in [-0.05, 0) is 38.1 Å². The standard InChI is InChI=1S/C17H21N7O4/c1-4-24(5-2)17(26)28-15-12(7-6-10-19-15)23-22-11-8-9-13(20-14(11)18)21-16(25)27-3/h6-10H,4-5H2,1-3H3,(H3,18,20,21,25). The normalized spacial score (nSPS) is 10.5. The fraction of sp³-hybridized carbons (Fsp3) is 0.294. The highest BCUT2D eigenvalue weighted by Gasteiger charge is 2.15. The number of azo groups is 1. The number of anilines is 2. The van der Waals surface area contributed by atoms with Gasteiger partial charge in [-0.1, -0.05) is 0 Å². The lowest BCUT2D eigenvalue weighted by Crippen LogP contribution is -2.33. The molecule has 0 atom stereocenters. The lowest BCUT2D eigenvalue weighted by Gasteiger charge is -2.17. The van der Waals surface area contributed by atoms with E-state index in [2.05, 4.69) is 30.3 Å². The molecule has 0 unspecified atom stereocenters. The number of nitrogen functional groups attached to an aromatic ring is 1. The number of hydrogen-bond donors (Lipinski definition) is 2. The molecule has 0 aromatic carbocycles. The first-order valence-electron chi connectivity index (χ1n) is 8.43. The van der Waals surface area contributed by atoms with Crippen LogP contribution in [0, 0.1) is 0 Å². The van der Waals surface area contributed by atoms with Crippen molar-refractivity contribution >= 4 is 35.2 Å². The monoisotopic (exact) mass is 387 g/mol. The zero-order chi connectivity index (χ0) is 20.5. The summed E-state index contributed by atoms with van der Waals surface area (Å²) in [6, 6.07) is 6.24. The van der Waals surface area contributed by atoms with Gasteiger partial charge in [-0.3, -0.25) is 5.32 Å². The number of aromatic nitrogens is 2. The average molecular weight is 387 g/mol. The summed E-state index contributed by atoms with van der Waals surface area (Å²) in [5.41, 5.74) is 6.35. The van der Waals surface area contributed by atoms with Crippen molar-refractivity contribution in [1.82, 2.24) is 14.9 Å². The second kappa shape index (κ2) is 9.80. The number of nitrogens with two attached hydrogens (primary N) is 1. The summed E-state index contributed by atoms with van der Waals surface area (Å²) in [4.78, 5) is 32.8. The van der Waals surface area contributed by atoms with E-state index in [0.717, 1.165) is 0 Å². The average Bonchev–Trinajstić information content (AvgIpc) is 2.69. The maximum atomic E-state index is 12.1. The highest BCUT2D eigenvalue weighted by Crippen LogP contribution is 2.29. The van der Waals surface area contributed by atoms with Crippen molar-refractivity contribution in [2.75, 3.05) is 31.2 Å². The van der Waals surface area contributed by atoms with Crippen molar-refractivity contribution in [1.29, 1.82) is 0 Å². The van der Waals surface area contributed by atoms with Crippen LogP contribution in [0.2, 0.25) is 0 Å². The Morgan fingerprint density at radius 3 is 2.54 bits per heavy atom. The van der Waals surface area contributed by atoms with Gasteiger partial charge in [0.1, 0.15) is 17.2 Å². The van der Waals surface area contributed by atoms with Crippen LogP contribution in [0.5, 0.6) is 5.88 Å². The zero-order valence-electron chi connectivity index (χ0n) is 15.7. The van der Waals surface area contributed by atoms with Gasteiger partial charge < -0.3 is 20.1 Å². The number of rotatable bonds is 6. The molecule has 11 heteroatoms. The van der Waals surface area contributed by atoms with Crippen LogP contribution < -0.4 is 15.8 Å². The number of nitrogens with zero attached hydrogens (tertiary/aromatic N) is 5. The van der Waals surface area contributed by atoms with Crippen molar-refractivity contribution in [3.8, 4) is 5.88 Å². The van der Waals surface area contributed by atoms with Gasteiger partial charge in [-0.2, -0.15) is 0 Å². The summed E-state index contributed by atoms with van der Waals surface area (Å²) >= 11 is 0. The Labute approximate surface area is 161 Å². The number of pyridine rings is 2. The lowest BCUT2D eigenvalue weighted by molar-refractivity contribution is 0.155. The van der Waals surface area contributed by atoms with Crippen molar-refractivity contribution in [3.63, 3.8) is 0 Å². The van der Waals surface area contributed by atoms with Gasteiger partial charge in [-0.15, -0.1) is 10.2 Å². The number of nitrogens with one attached hydrogen (secondary N) is 1. The molecule has 2 rings (SSSR count). The van der Waals surface area contributed by atoms with E-state index in [4.69, 9.17) is 10.5 Å². The minimum atomic E-state index is -0.670. The van der Waals surface area contributed by atoms with E-state index in [9.17, 15) is 9.59 Å². The lowest BCUT2D eigenvalue weighted by atomic mass is 10.4. The predicted octanol–water partition coefficient (Wildman–Crippen LogP) is 3.49. The van der Waals surface area contributed by atoms with Gasteiger partial charge in [-0.25, -0.2) is 19.6 Å². The van der Waals surface area contributed by atoms with Crippen LogP contribution in [0.3, 0.4) is 0 Å². The van der Waals surface area contributed by atoms with Gasteiger partial charge in [0.05, 0.1) is 7.11 Å². The van der Waals surface area contributed by atoms with E-state index in [0.29, 0.717) is 13.1 Å². The molecule has 2 aromatic heterocycles. The molecule has 148 valence electrons. The van der Waals surface area contributed by atoms with Crippen molar-refractivity contribution in [3.05, 3.63) is 30.5 Å². The smallest absolute Gasteiger partial charge is 0.416 e. The highest BCUT2D eigenvalue weighted by molar-refractivity contribution is 5.84. The maximum Gasteiger partial charge on any atom is 0.416 e. The predicted molar refractivity (Wildman–Crippen MR) is 102 cm³/mol. The number of amides is 2. The van der Waals surface area contributed by atoms with Gasteiger partial charge >= 0.3 is 12.2 Å². The maximum absolute atomic E-state index is 12.1. The molecule has 0 aliphatic carbocycles. The fourth-order valence-electron chi connectivity index (χ4n) is 2.05. The van der Waals surface area contributed by atoms with Crippen LogP contribution in [-0.4, -0.2) is 47.3 Å². The molecule has 3 N–H and O–H groups in total. The third-order valence-corrected chi connectivity index (χ3v) is 3.54. The number of carbonyl (C=O) groups is 2. The van der Waals surface area contributed by atoms with Crippen molar-refractivity contribution < 1.29 is 19.1 Å². The molecule has 0 spiro atoms. The molecular formula is C17H21N7O4. The fourth-order valence-corrected chi connectivity index (χ4v) is 2.05. The summed E-state index contributed by atoms with van der Waals surface area (Å²) in [6.07, 6.45) is 0.281. The molecule has 2 heterocycles. The first kappa shape index (κ1) is 20.6. The van der Waals surface area contributed by atoms with Crippen LogP contribution in [0.4, 0.5) is 32.6 Å². The van der Waals surface area contributed by atoms with E-state index in [1.54, 1.807) is 12.1 Å². The molecule has 0 saturated heterocycles. The molecule has 0 fully saturated rings. The molecule has 0 radical (unpaired) electrons. The summed E-state index contributed by atoms with van der Waals surface area (Å²) in [5.74, 6) is 0.278. The van der Waals surface area contributed by atoms with Crippen LogP contribution in [0.25, 0.3) is 0 Å². The number of carbonyl (C=O) groups excluding carboxylic acids is 2. The Bertz CT molecular complexity index is 868. The van der Waals surface area contributed by atoms with E-state index in [1.807, 2.05) is 13.8 Å². The SMILES string of the molecule is CCN(CC)C(=O)Oc1ncccc1N=Nc1ccc(NC(=O)OC)nc1N. The number of hydrogen-bond acceptors (Lipinski definition) is 9. The van der Waals surface area contributed by atoms with E-state index in [1.165, 1.54) is 30.3 Å². The second-order valence-electron chi connectivity index (χ2n) is 5.29. The number of methoxy groups -OCH3 is 1. The van der Waals surface area contributed by atoms with Crippen LogP contribution in [0.1, 0.15) is 13.8 Å². The highest BCUT2D eigenvalue weighted by atomic mass is 16.6. The zero-order valence-corrected chi connectivity index (χ0v) is 15.7. The van der Waals surface area contributed by atoms with E-state index in [-0.39, 0.29) is 28.9 Å². The molecule has 0 bridgehead atoms. The molecule has 28 heavy (non-hydrogen) atoms. The summed E-state index contributed by atoms with van der Waals surface area (Å²) in [7, 11) is 1.24. The first-order valence-corrected chi connectivity index (χ1v) is 8.43.